The minimum absolute atomic E-state index is 0.180. The molecule has 1 unspecified atom stereocenters. The van der Waals surface area contributed by atoms with E-state index in [1.165, 1.54) is 32.2 Å². The predicted octanol–water partition coefficient (Wildman–Crippen LogP) is 2.45. The van der Waals surface area contributed by atoms with E-state index in [9.17, 15) is 4.79 Å². The molecular formula is C17H25N3O. The number of rotatable bonds is 4. The first kappa shape index (κ1) is 14.5. The van der Waals surface area contributed by atoms with Gasteiger partial charge in [0.2, 0.25) is 5.91 Å². The summed E-state index contributed by atoms with van der Waals surface area (Å²) in [7, 11) is 0. The molecule has 0 N–H and O–H groups in total. The molecule has 2 heterocycles. The van der Waals surface area contributed by atoms with Crippen molar-refractivity contribution in [2.45, 2.75) is 57.7 Å². The lowest BCUT2D eigenvalue weighted by Crippen LogP contribution is -2.53. The second-order valence-electron chi connectivity index (χ2n) is 6.38. The molecule has 1 aromatic rings. The van der Waals surface area contributed by atoms with Crippen LogP contribution in [0, 0.1) is 0 Å². The van der Waals surface area contributed by atoms with Gasteiger partial charge in [0.05, 0.1) is 0 Å². The van der Waals surface area contributed by atoms with Crippen LogP contribution < -0.4 is 0 Å². The molecule has 114 valence electrons. The van der Waals surface area contributed by atoms with Gasteiger partial charge in [0.25, 0.3) is 0 Å². The number of piperidine rings is 1. The van der Waals surface area contributed by atoms with E-state index >= 15 is 0 Å². The van der Waals surface area contributed by atoms with E-state index in [4.69, 9.17) is 0 Å². The summed E-state index contributed by atoms with van der Waals surface area (Å²) < 4.78 is 0. The van der Waals surface area contributed by atoms with Crippen LogP contribution in [0.15, 0.2) is 24.5 Å². The van der Waals surface area contributed by atoms with Crippen LogP contribution in [0.4, 0.5) is 0 Å². The number of nitrogens with zero attached hydrogens (tertiary/aromatic N) is 3. The highest BCUT2D eigenvalue weighted by atomic mass is 16.2. The summed E-state index contributed by atoms with van der Waals surface area (Å²) in [5, 5.41) is 0. The Balaban J connectivity index is 1.66. The molecule has 2 aliphatic rings. The number of carbonyl (C=O) groups is 1. The van der Waals surface area contributed by atoms with Gasteiger partial charge in [-0.3, -0.25) is 14.7 Å². The van der Waals surface area contributed by atoms with Crippen molar-refractivity contribution in [1.29, 1.82) is 0 Å². The van der Waals surface area contributed by atoms with E-state index in [1.54, 1.807) is 13.1 Å². The van der Waals surface area contributed by atoms with E-state index in [1.807, 2.05) is 17.2 Å². The predicted molar refractivity (Wildman–Crippen MR) is 82.7 cm³/mol. The third-order valence-corrected chi connectivity index (χ3v) is 4.94. The number of carbonyl (C=O) groups excluding carboxylic acids is 1. The Morgan fingerprint density at radius 2 is 2.24 bits per heavy atom. The quantitative estimate of drug-likeness (QED) is 0.853. The van der Waals surface area contributed by atoms with Crippen molar-refractivity contribution in [3.63, 3.8) is 0 Å². The highest BCUT2D eigenvalue weighted by molar-refractivity contribution is 5.73. The van der Waals surface area contributed by atoms with Crippen LogP contribution in [0.25, 0.3) is 0 Å². The van der Waals surface area contributed by atoms with Crippen LogP contribution in [0.1, 0.15) is 44.6 Å². The maximum absolute atomic E-state index is 12.1. The van der Waals surface area contributed by atoms with Crippen molar-refractivity contribution in [3.8, 4) is 0 Å². The molecular weight excluding hydrogens is 262 g/mol. The van der Waals surface area contributed by atoms with Gasteiger partial charge in [-0.15, -0.1) is 0 Å². The minimum atomic E-state index is 0.180. The number of hydrogen-bond donors (Lipinski definition) is 0. The molecule has 3 rings (SSSR count). The molecule has 1 atom stereocenters. The fourth-order valence-electron chi connectivity index (χ4n) is 3.51. The monoisotopic (exact) mass is 287 g/mol. The summed E-state index contributed by atoms with van der Waals surface area (Å²) >= 11 is 0. The Hall–Kier alpha value is -1.42. The first-order chi connectivity index (χ1) is 10.2. The molecule has 0 aromatic carbocycles. The average molecular weight is 287 g/mol. The molecule has 0 spiro atoms. The second kappa shape index (κ2) is 6.56. The van der Waals surface area contributed by atoms with Crippen molar-refractivity contribution in [1.82, 2.24) is 14.8 Å². The van der Waals surface area contributed by atoms with Gasteiger partial charge in [0.1, 0.15) is 0 Å². The molecule has 0 bridgehead atoms. The number of pyridine rings is 1. The zero-order valence-corrected chi connectivity index (χ0v) is 12.9. The van der Waals surface area contributed by atoms with Crippen LogP contribution in [-0.2, 0) is 11.3 Å². The first-order valence-corrected chi connectivity index (χ1v) is 8.14. The van der Waals surface area contributed by atoms with Gasteiger partial charge in [0, 0.05) is 44.5 Å². The van der Waals surface area contributed by atoms with Crippen molar-refractivity contribution in [2.24, 2.45) is 0 Å². The van der Waals surface area contributed by atoms with Gasteiger partial charge in [-0.25, -0.2) is 0 Å². The van der Waals surface area contributed by atoms with Gasteiger partial charge in [-0.2, -0.15) is 0 Å². The van der Waals surface area contributed by atoms with Gasteiger partial charge in [0.15, 0.2) is 0 Å². The lowest BCUT2D eigenvalue weighted by Gasteiger charge is -2.45. The number of aromatic nitrogens is 1. The molecule has 1 aromatic heterocycles. The van der Waals surface area contributed by atoms with E-state index in [2.05, 4.69) is 16.0 Å². The lowest BCUT2D eigenvalue weighted by atomic mass is 9.89. The third-order valence-electron chi connectivity index (χ3n) is 4.94. The van der Waals surface area contributed by atoms with Crippen LogP contribution in [0.3, 0.4) is 0 Å². The Morgan fingerprint density at radius 3 is 2.86 bits per heavy atom. The number of amides is 1. The molecule has 1 saturated heterocycles. The molecule has 1 saturated carbocycles. The van der Waals surface area contributed by atoms with E-state index < -0.39 is 0 Å². The van der Waals surface area contributed by atoms with Crippen molar-refractivity contribution >= 4 is 5.91 Å². The highest BCUT2D eigenvalue weighted by Crippen LogP contribution is 2.29. The zero-order valence-electron chi connectivity index (χ0n) is 12.9. The smallest absolute Gasteiger partial charge is 0.220 e. The Bertz CT molecular complexity index is 472. The third kappa shape index (κ3) is 3.43. The maximum atomic E-state index is 12.1. The topological polar surface area (TPSA) is 36.4 Å². The van der Waals surface area contributed by atoms with Crippen molar-refractivity contribution in [2.75, 3.05) is 13.1 Å². The van der Waals surface area contributed by atoms with E-state index in [0.717, 1.165) is 24.6 Å². The lowest BCUT2D eigenvalue weighted by molar-refractivity contribution is -0.133. The summed E-state index contributed by atoms with van der Waals surface area (Å²) in [6.45, 7) is 4.63. The normalized spacial score (nSPS) is 23.6. The van der Waals surface area contributed by atoms with E-state index in [-0.39, 0.29) is 5.91 Å². The van der Waals surface area contributed by atoms with Crippen LogP contribution in [-0.4, -0.2) is 45.9 Å². The minimum Gasteiger partial charge on any atom is -0.334 e. The summed E-state index contributed by atoms with van der Waals surface area (Å²) in [4.78, 5) is 20.9. The molecule has 4 nitrogen and oxygen atoms in total. The molecule has 1 aliphatic heterocycles. The van der Waals surface area contributed by atoms with Gasteiger partial charge < -0.3 is 4.90 Å². The second-order valence-corrected chi connectivity index (χ2v) is 6.38. The summed E-state index contributed by atoms with van der Waals surface area (Å²) in [6, 6.07) is 5.13. The zero-order chi connectivity index (χ0) is 14.7. The molecule has 1 aliphatic carbocycles. The van der Waals surface area contributed by atoms with Crippen molar-refractivity contribution < 1.29 is 4.79 Å². The molecule has 2 fully saturated rings. The highest BCUT2D eigenvalue weighted by Gasteiger charge is 2.32. The first-order valence-electron chi connectivity index (χ1n) is 8.14. The van der Waals surface area contributed by atoms with Crippen LogP contribution >= 0.6 is 0 Å². The summed E-state index contributed by atoms with van der Waals surface area (Å²) in [5.74, 6) is 0.180. The molecule has 1 amide bonds. The standard InChI is InChI=1S/C17H25N3O/c1-14(21)20(12-15-5-3-9-18-11-15)17-8-4-10-19(13-17)16-6-2-7-16/h3,5,9,11,16-17H,2,4,6-8,10,12-13H2,1H3. The van der Waals surface area contributed by atoms with Crippen LogP contribution in [0.2, 0.25) is 0 Å². The fourth-order valence-corrected chi connectivity index (χ4v) is 3.51. The van der Waals surface area contributed by atoms with Gasteiger partial charge >= 0.3 is 0 Å². The Morgan fingerprint density at radius 1 is 1.38 bits per heavy atom. The number of hydrogen-bond acceptors (Lipinski definition) is 3. The SMILES string of the molecule is CC(=O)N(Cc1cccnc1)C1CCCN(C2CCC2)C1. The Kier molecular flexibility index (Phi) is 4.54. The maximum Gasteiger partial charge on any atom is 0.220 e. The Labute approximate surface area is 127 Å². The molecule has 4 heteroatoms. The fraction of sp³-hybridized carbons (Fsp3) is 0.647. The summed E-state index contributed by atoms with van der Waals surface area (Å²) in [5.41, 5.74) is 1.12. The van der Waals surface area contributed by atoms with Gasteiger partial charge in [-0.05, 0) is 43.9 Å². The average Bonchev–Trinajstić information content (AvgIpc) is 2.44. The molecule has 21 heavy (non-hydrogen) atoms. The van der Waals surface area contributed by atoms with Crippen LogP contribution in [0.5, 0.6) is 0 Å². The van der Waals surface area contributed by atoms with E-state index in [0.29, 0.717) is 12.6 Å². The van der Waals surface area contributed by atoms with Gasteiger partial charge in [-0.1, -0.05) is 12.5 Å². The number of likely N-dealkylation sites (tertiary alicyclic amines) is 1. The summed E-state index contributed by atoms with van der Waals surface area (Å²) in [6.07, 6.45) is 10.0. The molecule has 0 radical (unpaired) electrons. The largest absolute Gasteiger partial charge is 0.334 e. The van der Waals surface area contributed by atoms with Crippen molar-refractivity contribution in [3.05, 3.63) is 30.1 Å².